The van der Waals surface area contributed by atoms with E-state index in [1.54, 1.807) is 10.9 Å². The number of aryl methyl sites for hydroxylation is 1. The van der Waals surface area contributed by atoms with Crippen molar-refractivity contribution in [3.05, 3.63) is 23.1 Å². The minimum Gasteiger partial charge on any atom is -0.443 e. The predicted molar refractivity (Wildman–Crippen MR) is 46.4 cm³/mol. The molecule has 0 saturated carbocycles. The third-order valence-corrected chi connectivity index (χ3v) is 2.00. The first-order chi connectivity index (χ1) is 5.77. The molecule has 0 aliphatic rings. The molecular formula is C7H6BrN3O. The van der Waals surface area contributed by atoms with Gasteiger partial charge in [-0.3, -0.25) is 4.68 Å². The van der Waals surface area contributed by atoms with Crippen molar-refractivity contribution in [1.82, 2.24) is 14.8 Å². The lowest BCUT2D eigenvalue weighted by Crippen LogP contribution is -1.87. The standard InChI is InChI=1S/C7H6BrN3O/c1-11-4-5(8)6(10-11)7-9-2-3-12-7/h2-4H,1H3. The molecule has 0 radical (unpaired) electrons. The lowest BCUT2D eigenvalue weighted by molar-refractivity contribution is 0.569. The predicted octanol–water partition coefficient (Wildman–Crippen LogP) is 1.84. The highest BCUT2D eigenvalue weighted by Crippen LogP contribution is 2.24. The third-order valence-electron chi connectivity index (χ3n) is 1.42. The summed E-state index contributed by atoms with van der Waals surface area (Å²) in [6, 6.07) is 0. The summed E-state index contributed by atoms with van der Waals surface area (Å²) in [5, 5.41) is 4.17. The highest BCUT2D eigenvalue weighted by molar-refractivity contribution is 9.10. The van der Waals surface area contributed by atoms with E-state index in [1.807, 2.05) is 13.2 Å². The van der Waals surface area contributed by atoms with Gasteiger partial charge < -0.3 is 4.42 Å². The van der Waals surface area contributed by atoms with Crippen molar-refractivity contribution in [3.8, 4) is 11.6 Å². The summed E-state index contributed by atoms with van der Waals surface area (Å²) < 4.78 is 7.68. The van der Waals surface area contributed by atoms with Gasteiger partial charge in [-0.25, -0.2) is 4.98 Å². The lowest BCUT2D eigenvalue weighted by Gasteiger charge is -1.87. The number of oxazole rings is 1. The van der Waals surface area contributed by atoms with Gasteiger partial charge in [-0.1, -0.05) is 0 Å². The van der Waals surface area contributed by atoms with Crippen molar-refractivity contribution in [1.29, 1.82) is 0 Å². The zero-order chi connectivity index (χ0) is 8.55. The van der Waals surface area contributed by atoms with Crippen LogP contribution >= 0.6 is 15.9 Å². The second-order valence-corrected chi connectivity index (χ2v) is 3.19. The molecule has 0 bridgehead atoms. The number of hydrogen-bond donors (Lipinski definition) is 0. The Morgan fingerprint density at radius 2 is 2.42 bits per heavy atom. The summed E-state index contributed by atoms with van der Waals surface area (Å²) in [4.78, 5) is 3.99. The molecule has 0 atom stereocenters. The van der Waals surface area contributed by atoms with Crippen molar-refractivity contribution in [2.75, 3.05) is 0 Å². The summed E-state index contributed by atoms with van der Waals surface area (Å²) in [6.07, 6.45) is 4.96. The van der Waals surface area contributed by atoms with Crippen molar-refractivity contribution in [3.63, 3.8) is 0 Å². The molecule has 0 unspecified atom stereocenters. The van der Waals surface area contributed by atoms with Gasteiger partial charge in [0.05, 0.1) is 10.7 Å². The Hall–Kier alpha value is -1.10. The van der Waals surface area contributed by atoms with Crippen LogP contribution in [0.15, 0.2) is 27.5 Å². The van der Waals surface area contributed by atoms with Crippen LogP contribution in [-0.2, 0) is 7.05 Å². The molecule has 5 heteroatoms. The molecule has 2 rings (SSSR count). The molecule has 0 N–H and O–H groups in total. The topological polar surface area (TPSA) is 43.9 Å². The number of rotatable bonds is 1. The summed E-state index contributed by atoms with van der Waals surface area (Å²) in [7, 11) is 1.84. The van der Waals surface area contributed by atoms with Gasteiger partial charge in [0.1, 0.15) is 6.26 Å². The molecule has 62 valence electrons. The Labute approximate surface area is 77.3 Å². The minimum absolute atomic E-state index is 0.530. The molecule has 0 amide bonds. The average molecular weight is 228 g/mol. The smallest absolute Gasteiger partial charge is 0.248 e. The van der Waals surface area contributed by atoms with Gasteiger partial charge in [0.15, 0.2) is 5.69 Å². The van der Waals surface area contributed by atoms with Gasteiger partial charge in [0.25, 0.3) is 0 Å². The van der Waals surface area contributed by atoms with E-state index in [-0.39, 0.29) is 0 Å². The number of aromatic nitrogens is 3. The van der Waals surface area contributed by atoms with Crippen LogP contribution in [0.3, 0.4) is 0 Å². The normalized spacial score (nSPS) is 10.5. The third kappa shape index (κ3) is 1.16. The quantitative estimate of drug-likeness (QED) is 0.747. The van der Waals surface area contributed by atoms with Gasteiger partial charge >= 0.3 is 0 Å². The molecule has 0 fully saturated rings. The summed E-state index contributed by atoms with van der Waals surface area (Å²) in [6.45, 7) is 0. The Morgan fingerprint density at radius 3 is 2.92 bits per heavy atom. The van der Waals surface area contributed by atoms with Crippen molar-refractivity contribution < 1.29 is 4.42 Å². The van der Waals surface area contributed by atoms with Gasteiger partial charge in [0, 0.05) is 13.2 Å². The SMILES string of the molecule is Cn1cc(Br)c(-c2ncco2)n1. The largest absolute Gasteiger partial charge is 0.443 e. The van der Waals surface area contributed by atoms with Crippen LogP contribution in [0.5, 0.6) is 0 Å². The fourth-order valence-electron chi connectivity index (χ4n) is 0.945. The zero-order valence-corrected chi connectivity index (χ0v) is 7.95. The molecule has 2 aromatic rings. The van der Waals surface area contributed by atoms with E-state index in [4.69, 9.17) is 4.42 Å². The molecule has 0 saturated heterocycles. The van der Waals surface area contributed by atoms with Crippen LogP contribution in [0.2, 0.25) is 0 Å². The van der Waals surface area contributed by atoms with E-state index in [9.17, 15) is 0 Å². The second-order valence-electron chi connectivity index (χ2n) is 2.34. The first kappa shape index (κ1) is 7.54. The van der Waals surface area contributed by atoms with Crippen LogP contribution < -0.4 is 0 Å². The first-order valence-electron chi connectivity index (χ1n) is 3.36. The van der Waals surface area contributed by atoms with Gasteiger partial charge in [0.2, 0.25) is 5.89 Å². The summed E-state index contributed by atoms with van der Waals surface area (Å²) in [5.74, 6) is 0.530. The Morgan fingerprint density at radius 1 is 1.58 bits per heavy atom. The molecule has 2 aromatic heterocycles. The molecule has 0 aromatic carbocycles. The molecule has 0 aliphatic heterocycles. The number of nitrogens with zero attached hydrogens (tertiary/aromatic N) is 3. The molecule has 12 heavy (non-hydrogen) atoms. The summed E-state index contributed by atoms with van der Waals surface area (Å²) in [5.41, 5.74) is 0.725. The van der Waals surface area contributed by atoms with Gasteiger partial charge in [-0.2, -0.15) is 5.10 Å². The highest BCUT2D eigenvalue weighted by atomic mass is 79.9. The lowest BCUT2D eigenvalue weighted by atomic mass is 10.4. The van der Waals surface area contributed by atoms with E-state index < -0.39 is 0 Å². The highest BCUT2D eigenvalue weighted by Gasteiger charge is 2.10. The van der Waals surface area contributed by atoms with Crippen molar-refractivity contribution >= 4 is 15.9 Å². The molecule has 4 nitrogen and oxygen atoms in total. The van der Waals surface area contributed by atoms with E-state index in [2.05, 4.69) is 26.0 Å². The van der Waals surface area contributed by atoms with E-state index in [0.717, 1.165) is 10.2 Å². The number of hydrogen-bond acceptors (Lipinski definition) is 3. The second kappa shape index (κ2) is 2.75. The Bertz CT molecular complexity index is 379. The zero-order valence-electron chi connectivity index (χ0n) is 6.36. The van der Waals surface area contributed by atoms with Crippen LogP contribution in [0, 0.1) is 0 Å². The Balaban J connectivity index is 2.54. The molecule has 0 aliphatic carbocycles. The molecule has 2 heterocycles. The first-order valence-corrected chi connectivity index (χ1v) is 4.15. The van der Waals surface area contributed by atoms with Crippen molar-refractivity contribution in [2.45, 2.75) is 0 Å². The summed E-state index contributed by atoms with van der Waals surface area (Å²) >= 11 is 3.36. The van der Waals surface area contributed by atoms with Crippen LogP contribution in [0.4, 0.5) is 0 Å². The van der Waals surface area contributed by atoms with E-state index >= 15 is 0 Å². The fourth-order valence-corrected chi connectivity index (χ4v) is 1.49. The van der Waals surface area contributed by atoms with Crippen molar-refractivity contribution in [2.24, 2.45) is 7.05 Å². The maximum Gasteiger partial charge on any atom is 0.248 e. The van der Waals surface area contributed by atoms with E-state index in [0.29, 0.717) is 5.89 Å². The maximum atomic E-state index is 5.10. The van der Waals surface area contributed by atoms with Gasteiger partial charge in [-0.05, 0) is 15.9 Å². The van der Waals surface area contributed by atoms with Crippen LogP contribution in [0.25, 0.3) is 11.6 Å². The van der Waals surface area contributed by atoms with Crippen LogP contribution in [-0.4, -0.2) is 14.8 Å². The Kier molecular flexibility index (Phi) is 1.73. The monoisotopic (exact) mass is 227 g/mol. The minimum atomic E-state index is 0.530. The fraction of sp³-hybridized carbons (Fsp3) is 0.143. The van der Waals surface area contributed by atoms with Crippen LogP contribution in [0.1, 0.15) is 0 Å². The van der Waals surface area contributed by atoms with E-state index in [1.165, 1.54) is 6.26 Å². The maximum absolute atomic E-state index is 5.10. The van der Waals surface area contributed by atoms with Gasteiger partial charge in [-0.15, -0.1) is 0 Å². The molecule has 0 spiro atoms. The average Bonchev–Trinajstić information content (AvgIpc) is 2.58. The molecular weight excluding hydrogens is 222 g/mol. The number of halogens is 1.